The summed E-state index contributed by atoms with van der Waals surface area (Å²) in [4.78, 5) is 49.4. The molecule has 8 heteroatoms. The lowest BCUT2D eigenvalue weighted by atomic mass is 9.96. The molecule has 0 bridgehead atoms. The molecule has 8 nitrogen and oxygen atoms in total. The van der Waals surface area contributed by atoms with Crippen LogP contribution in [-0.2, 0) is 35.2 Å². The molecule has 0 aliphatic carbocycles. The number of ether oxygens (including phenoxy) is 3. The van der Waals surface area contributed by atoms with Crippen LogP contribution in [0.4, 0.5) is 0 Å². The Morgan fingerprint density at radius 3 is 2.20 bits per heavy atom. The first-order chi connectivity index (χ1) is 11.9. The van der Waals surface area contributed by atoms with Gasteiger partial charge in [-0.1, -0.05) is 12.1 Å². The van der Waals surface area contributed by atoms with Gasteiger partial charge in [0.1, 0.15) is 11.7 Å². The van der Waals surface area contributed by atoms with E-state index in [2.05, 4.69) is 9.47 Å². The minimum Gasteiger partial charge on any atom is -0.497 e. The maximum atomic E-state index is 12.3. The first-order valence-electron chi connectivity index (χ1n) is 7.55. The summed E-state index contributed by atoms with van der Waals surface area (Å²) in [5.74, 6) is -3.86. The number of likely N-dealkylation sites (tertiary alicyclic amines) is 1. The van der Waals surface area contributed by atoms with E-state index in [0.717, 1.165) is 12.7 Å². The molecule has 1 saturated heterocycles. The number of hydrogen-bond acceptors (Lipinski definition) is 7. The average Bonchev–Trinajstić information content (AvgIpc) is 2.86. The minimum absolute atomic E-state index is 0.0731. The summed E-state index contributed by atoms with van der Waals surface area (Å²) >= 11 is 0. The van der Waals surface area contributed by atoms with Crippen molar-refractivity contribution in [3.8, 4) is 5.75 Å². The van der Waals surface area contributed by atoms with Crippen LogP contribution in [0.15, 0.2) is 24.3 Å². The minimum atomic E-state index is -1.34. The van der Waals surface area contributed by atoms with Crippen molar-refractivity contribution in [2.24, 2.45) is 5.92 Å². The van der Waals surface area contributed by atoms with E-state index in [4.69, 9.17) is 4.74 Å². The fourth-order valence-electron chi connectivity index (χ4n) is 2.77. The molecular weight excluding hydrogens is 330 g/mol. The number of benzene rings is 1. The molecule has 0 saturated carbocycles. The summed E-state index contributed by atoms with van der Waals surface area (Å²) in [6.07, 6.45) is -0.274. The van der Waals surface area contributed by atoms with Gasteiger partial charge in [0.05, 0.1) is 33.8 Å². The van der Waals surface area contributed by atoms with Crippen LogP contribution in [0.2, 0.25) is 0 Å². The zero-order valence-electron chi connectivity index (χ0n) is 14.2. The largest absolute Gasteiger partial charge is 0.497 e. The smallest absolute Gasteiger partial charge is 0.318 e. The van der Waals surface area contributed by atoms with E-state index in [0.29, 0.717) is 5.75 Å². The number of amides is 1. The molecule has 1 aliphatic rings. The maximum absolute atomic E-state index is 12.3. The standard InChI is InChI=1S/C17H19NO7/c1-23-11-6-4-10(5-7-11)9-18-12(8-13(19)24-2)14(17(22)25-3)15(20)16(18)21/h4-7,12,14H,8-9H2,1-3H3/t12-,14-/m0/s1. The molecule has 1 aromatic rings. The topological polar surface area (TPSA) is 99.2 Å². The lowest BCUT2D eigenvalue weighted by Gasteiger charge is -2.25. The van der Waals surface area contributed by atoms with Gasteiger partial charge in [-0.3, -0.25) is 19.2 Å². The van der Waals surface area contributed by atoms with Gasteiger partial charge in [-0.15, -0.1) is 0 Å². The van der Waals surface area contributed by atoms with Crippen LogP contribution in [0, 0.1) is 5.92 Å². The second-order valence-corrected chi connectivity index (χ2v) is 5.49. The van der Waals surface area contributed by atoms with Crippen molar-refractivity contribution in [2.75, 3.05) is 21.3 Å². The fourth-order valence-corrected chi connectivity index (χ4v) is 2.77. The summed E-state index contributed by atoms with van der Waals surface area (Å²) in [5, 5.41) is 0. The van der Waals surface area contributed by atoms with Crippen molar-refractivity contribution < 1.29 is 33.4 Å². The summed E-state index contributed by atoms with van der Waals surface area (Å²) in [7, 11) is 3.86. The Morgan fingerprint density at radius 2 is 1.68 bits per heavy atom. The number of hydrogen-bond donors (Lipinski definition) is 0. The van der Waals surface area contributed by atoms with Crippen molar-refractivity contribution in [3.05, 3.63) is 29.8 Å². The van der Waals surface area contributed by atoms with Crippen molar-refractivity contribution >= 4 is 23.6 Å². The Balaban J connectivity index is 2.30. The number of carbonyl (C=O) groups excluding carboxylic acids is 4. The van der Waals surface area contributed by atoms with E-state index in [1.165, 1.54) is 19.1 Å². The zero-order chi connectivity index (χ0) is 18.6. The molecule has 0 aromatic heterocycles. The number of ketones is 1. The lowest BCUT2D eigenvalue weighted by Crippen LogP contribution is -2.39. The van der Waals surface area contributed by atoms with Crippen molar-refractivity contribution in [2.45, 2.75) is 19.0 Å². The molecule has 1 heterocycles. The molecule has 2 rings (SSSR count). The van der Waals surface area contributed by atoms with Gasteiger partial charge in [0, 0.05) is 6.54 Å². The maximum Gasteiger partial charge on any atom is 0.318 e. The Bertz CT molecular complexity index is 683. The van der Waals surface area contributed by atoms with Gasteiger partial charge in [-0.2, -0.15) is 0 Å². The van der Waals surface area contributed by atoms with Gasteiger partial charge in [0.25, 0.3) is 5.91 Å². The number of methoxy groups -OCH3 is 3. The molecule has 0 unspecified atom stereocenters. The van der Waals surface area contributed by atoms with Crippen LogP contribution in [0.25, 0.3) is 0 Å². The predicted octanol–water partition coefficient (Wildman–Crippen LogP) is 0.327. The predicted molar refractivity (Wildman–Crippen MR) is 84.5 cm³/mol. The molecule has 1 aromatic carbocycles. The number of Topliss-reactive ketones (excluding diaryl/α,β-unsaturated/α-hetero) is 1. The third kappa shape index (κ3) is 3.78. The Labute approximate surface area is 144 Å². The van der Waals surface area contributed by atoms with E-state index < -0.39 is 35.6 Å². The van der Waals surface area contributed by atoms with Gasteiger partial charge in [0.15, 0.2) is 0 Å². The molecule has 1 fully saturated rings. The highest BCUT2D eigenvalue weighted by Crippen LogP contribution is 2.29. The van der Waals surface area contributed by atoms with E-state index in [-0.39, 0.29) is 13.0 Å². The summed E-state index contributed by atoms with van der Waals surface area (Å²) in [6, 6.07) is 5.95. The van der Waals surface area contributed by atoms with Crippen molar-refractivity contribution in [3.63, 3.8) is 0 Å². The van der Waals surface area contributed by atoms with Crippen LogP contribution in [-0.4, -0.2) is 55.9 Å². The monoisotopic (exact) mass is 349 g/mol. The number of rotatable bonds is 6. The van der Waals surface area contributed by atoms with Crippen LogP contribution in [0.5, 0.6) is 5.75 Å². The lowest BCUT2D eigenvalue weighted by molar-refractivity contribution is -0.151. The van der Waals surface area contributed by atoms with E-state index >= 15 is 0 Å². The molecule has 134 valence electrons. The SMILES string of the molecule is COC(=O)C[C@H]1[C@H](C(=O)OC)C(=O)C(=O)N1Cc1ccc(OC)cc1. The fraction of sp³-hybridized carbons (Fsp3) is 0.412. The molecule has 1 aliphatic heterocycles. The van der Waals surface area contributed by atoms with Crippen molar-refractivity contribution in [1.29, 1.82) is 0 Å². The molecule has 25 heavy (non-hydrogen) atoms. The Morgan fingerprint density at radius 1 is 1.04 bits per heavy atom. The third-order valence-corrected chi connectivity index (χ3v) is 4.11. The van der Waals surface area contributed by atoms with Gasteiger partial charge >= 0.3 is 11.9 Å². The average molecular weight is 349 g/mol. The zero-order valence-corrected chi connectivity index (χ0v) is 14.2. The highest BCUT2D eigenvalue weighted by molar-refractivity contribution is 6.42. The molecule has 2 atom stereocenters. The molecule has 0 N–H and O–H groups in total. The third-order valence-electron chi connectivity index (χ3n) is 4.11. The first-order valence-corrected chi connectivity index (χ1v) is 7.55. The van der Waals surface area contributed by atoms with E-state index in [9.17, 15) is 19.2 Å². The van der Waals surface area contributed by atoms with Crippen molar-refractivity contribution in [1.82, 2.24) is 4.90 Å². The second-order valence-electron chi connectivity index (χ2n) is 5.49. The second kappa shape index (κ2) is 7.78. The number of esters is 2. The van der Waals surface area contributed by atoms with Crippen LogP contribution in [0.3, 0.4) is 0 Å². The number of nitrogens with zero attached hydrogens (tertiary/aromatic N) is 1. The van der Waals surface area contributed by atoms with Gasteiger partial charge < -0.3 is 19.1 Å². The summed E-state index contributed by atoms with van der Waals surface area (Å²) in [6.45, 7) is 0.0731. The first kappa shape index (κ1) is 18.4. The molecular formula is C17H19NO7. The summed E-state index contributed by atoms with van der Waals surface area (Å²) in [5.41, 5.74) is 0.724. The van der Waals surface area contributed by atoms with Crippen LogP contribution >= 0.6 is 0 Å². The van der Waals surface area contributed by atoms with Gasteiger partial charge in [0.2, 0.25) is 5.78 Å². The highest BCUT2D eigenvalue weighted by Gasteiger charge is 2.52. The Hall–Kier alpha value is -2.90. The van der Waals surface area contributed by atoms with E-state index in [1.54, 1.807) is 24.3 Å². The molecule has 1 amide bonds. The highest BCUT2D eigenvalue weighted by atomic mass is 16.5. The summed E-state index contributed by atoms with van der Waals surface area (Å²) < 4.78 is 14.3. The van der Waals surface area contributed by atoms with Crippen LogP contribution < -0.4 is 4.74 Å². The normalized spacial score (nSPS) is 19.7. The molecule has 0 spiro atoms. The molecule has 0 radical (unpaired) electrons. The Kier molecular flexibility index (Phi) is 5.74. The quantitative estimate of drug-likeness (QED) is 0.414. The van der Waals surface area contributed by atoms with E-state index in [1.807, 2.05) is 0 Å². The van der Waals surface area contributed by atoms with Gasteiger partial charge in [-0.05, 0) is 17.7 Å². The number of carbonyl (C=O) groups is 4. The van der Waals surface area contributed by atoms with Crippen LogP contribution in [0.1, 0.15) is 12.0 Å². The van der Waals surface area contributed by atoms with Gasteiger partial charge in [-0.25, -0.2) is 0 Å².